The Morgan fingerprint density at radius 3 is 2.43 bits per heavy atom. The molecule has 2 nitrogen and oxygen atoms in total. The summed E-state index contributed by atoms with van der Waals surface area (Å²) in [6.45, 7) is 5.35. The summed E-state index contributed by atoms with van der Waals surface area (Å²) in [4.78, 5) is 2.15. The number of rotatable bonds is 5. The third-order valence-corrected chi connectivity index (χ3v) is 3.85. The van der Waals surface area contributed by atoms with E-state index in [-0.39, 0.29) is 24.0 Å². The Hall–Kier alpha value is -0.780. The molecule has 0 aromatic heterocycles. The molecule has 0 bridgehead atoms. The third kappa shape index (κ3) is 4.34. The number of benzene rings is 1. The normalized spacial score (nSPS) is 17.3. The molecule has 1 atom stereocenters. The molecule has 6 heteroatoms. The van der Waals surface area contributed by atoms with E-state index in [0.29, 0.717) is 0 Å². The summed E-state index contributed by atoms with van der Waals surface area (Å²) in [5.74, 6) is -3.52. The van der Waals surface area contributed by atoms with E-state index in [1.165, 1.54) is 6.07 Å². The van der Waals surface area contributed by atoms with Crippen molar-refractivity contribution in [2.45, 2.75) is 32.2 Å². The summed E-state index contributed by atoms with van der Waals surface area (Å²) in [5.41, 5.74) is 0.277. The number of piperazine rings is 1. The van der Waals surface area contributed by atoms with Crippen LogP contribution in [0.5, 0.6) is 0 Å². The van der Waals surface area contributed by atoms with E-state index in [1.807, 2.05) is 0 Å². The van der Waals surface area contributed by atoms with Gasteiger partial charge in [0.05, 0.1) is 0 Å². The van der Waals surface area contributed by atoms with E-state index in [9.17, 15) is 13.2 Å². The van der Waals surface area contributed by atoms with Crippen LogP contribution >= 0.6 is 12.4 Å². The summed E-state index contributed by atoms with van der Waals surface area (Å²) in [7, 11) is 0. The van der Waals surface area contributed by atoms with E-state index in [1.54, 1.807) is 0 Å². The Kier molecular flexibility index (Phi) is 7.49. The lowest BCUT2D eigenvalue weighted by Crippen LogP contribution is -2.45. The van der Waals surface area contributed by atoms with Gasteiger partial charge in [-0.15, -0.1) is 12.4 Å². The summed E-state index contributed by atoms with van der Waals surface area (Å²) in [6, 6.07) is 2.23. The zero-order chi connectivity index (χ0) is 14.5. The van der Waals surface area contributed by atoms with E-state index in [0.717, 1.165) is 51.5 Å². The molecule has 1 saturated heterocycles. The SMILES string of the molecule is CCCC[C@H](c1ccc(F)c(F)c1F)N1CCNCC1.Cl. The smallest absolute Gasteiger partial charge is 0.194 e. The van der Waals surface area contributed by atoms with Crippen molar-refractivity contribution >= 4 is 12.4 Å². The van der Waals surface area contributed by atoms with Crippen molar-refractivity contribution in [3.8, 4) is 0 Å². The van der Waals surface area contributed by atoms with Gasteiger partial charge in [-0.25, -0.2) is 13.2 Å². The van der Waals surface area contributed by atoms with Crippen molar-refractivity contribution in [3.63, 3.8) is 0 Å². The van der Waals surface area contributed by atoms with Gasteiger partial charge in [0.25, 0.3) is 0 Å². The first-order valence-corrected chi connectivity index (χ1v) is 7.23. The van der Waals surface area contributed by atoms with Crippen molar-refractivity contribution < 1.29 is 13.2 Å². The fraction of sp³-hybridized carbons (Fsp3) is 0.600. The molecule has 1 aromatic rings. The molecule has 21 heavy (non-hydrogen) atoms. The van der Waals surface area contributed by atoms with Crippen LogP contribution in [0.3, 0.4) is 0 Å². The molecule has 1 aliphatic rings. The molecule has 1 fully saturated rings. The first-order chi connectivity index (χ1) is 9.65. The third-order valence-electron chi connectivity index (χ3n) is 3.85. The molecule has 2 rings (SSSR count). The number of hydrogen-bond donors (Lipinski definition) is 1. The van der Waals surface area contributed by atoms with Crippen LogP contribution < -0.4 is 5.32 Å². The molecule has 0 saturated carbocycles. The highest BCUT2D eigenvalue weighted by Crippen LogP contribution is 2.30. The van der Waals surface area contributed by atoms with Gasteiger partial charge < -0.3 is 5.32 Å². The van der Waals surface area contributed by atoms with Crippen molar-refractivity contribution in [3.05, 3.63) is 35.1 Å². The van der Waals surface area contributed by atoms with Crippen LogP contribution in [0.15, 0.2) is 12.1 Å². The second-order valence-corrected chi connectivity index (χ2v) is 5.21. The van der Waals surface area contributed by atoms with Gasteiger partial charge in [0.1, 0.15) is 0 Å². The fourth-order valence-corrected chi connectivity index (χ4v) is 2.72. The van der Waals surface area contributed by atoms with E-state index >= 15 is 0 Å². The van der Waals surface area contributed by atoms with Gasteiger partial charge in [-0.1, -0.05) is 25.8 Å². The summed E-state index contributed by atoms with van der Waals surface area (Å²) in [5, 5.41) is 3.24. The van der Waals surface area contributed by atoms with Crippen LogP contribution in [0, 0.1) is 17.5 Å². The highest BCUT2D eigenvalue weighted by molar-refractivity contribution is 5.85. The molecular formula is C15H22ClF3N2. The van der Waals surface area contributed by atoms with Gasteiger partial charge in [0.15, 0.2) is 17.5 Å². The van der Waals surface area contributed by atoms with E-state index in [2.05, 4.69) is 17.1 Å². The van der Waals surface area contributed by atoms with Crippen LogP contribution in [0.2, 0.25) is 0 Å². The Labute approximate surface area is 130 Å². The predicted octanol–water partition coefficient (Wildman–Crippen LogP) is 3.66. The standard InChI is InChI=1S/C15H21F3N2.ClH/c1-2-3-4-13(20-9-7-19-8-10-20)11-5-6-12(16)15(18)14(11)17;/h5-6,13,19H,2-4,7-10H2,1H3;1H/t13-;/m1./s1. The molecule has 0 spiro atoms. The Morgan fingerprint density at radius 2 is 1.81 bits per heavy atom. The first-order valence-electron chi connectivity index (χ1n) is 7.23. The molecular weight excluding hydrogens is 301 g/mol. The van der Waals surface area contributed by atoms with Crippen LogP contribution in [-0.4, -0.2) is 31.1 Å². The summed E-state index contributed by atoms with van der Waals surface area (Å²) < 4.78 is 40.6. The monoisotopic (exact) mass is 322 g/mol. The van der Waals surface area contributed by atoms with Gasteiger partial charge in [0.2, 0.25) is 0 Å². The average Bonchev–Trinajstić information content (AvgIpc) is 2.48. The maximum Gasteiger partial charge on any atom is 0.194 e. The van der Waals surface area contributed by atoms with Gasteiger partial charge in [-0.3, -0.25) is 4.90 Å². The van der Waals surface area contributed by atoms with Crippen LogP contribution in [0.1, 0.15) is 37.8 Å². The first kappa shape index (κ1) is 18.3. The van der Waals surface area contributed by atoms with Crippen LogP contribution in [-0.2, 0) is 0 Å². The minimum Gasteiger partial charge on any atom is -0.314 e. The number of unbranched alkanes of at least 4 members (excludes halogenated alkanes) is 1. The minimum atomic E-state index is -1.36. The molecule has 1 N–H and O–H groups in total. The minimum absolute atomic E-state index is 0. The topological polar surface area (TPSA) is 15.3 Å². The largest absolute Gasteiger partial charge is 0.314 e. The lowest BCUT2D eigenvalue weighted by atomic mass is 9.98. The van der Waals surface area contributed by atoms with Crippen molar-refractivity contribution in [1.29, 1.82) is 0 Å². The zero-order valence-electron chi connectivity index (χ0n) is 12.2. The molecule has 1 heterocycles. The Balaban J connectivity index is 0.00000220. The molecule has 0 radical (unpaired) electrons. The lowest BCUT2D eigenvalue weighted by Gasteiger charge is -2.35. The maximum absolute atomic E-state index is 14.0. The quantitative estimate of drug-likeness (QED) is 0.832. The highest BCUT2D eigenvalue weighted by Gasteiger charge is 2.26. The summed E-state index contributed by atoms with van der Waals surface area (Å²) in [6.07, 6.45) is 2.69. The van der Waals surface area contributed by atoms with Crippen molar-refractivity contribution in [2.75, 3.05) is 26.2 Å². The van der Waals surface area contributed by atoms with Crippen LogP contribution in [0.25, 0.3) is 0 Å². The predicted molar refractivity (Wildman–Crippen MR) is 80.3 cm³/mol. The van der Waals surface area contributed by atoms with Crippen LogP contribution in [0.4, 0.5) is 13.2 Å². The maximum atomic E-state index is 14.0. The van der Waals surface area contributed by atoms with Gasteiger partial charge in [-0.2, -0.15) is 0 Å². The van der Waals surface area contributed by atoms with E-state index < -0.39 is 17.5 Å². The lowest BCUT2D eigenvalue weighted by molar-refractivity contribution is 0.159. The Bertz CT molecular complexity index is 451. The molecule has 1 aromatic carbocycles. The van der Waals surface area contributed by atoms with Crippen molar-refractivity contribution in [1.82, 2.24) is 10.2 Å². The number of nitrogens with zero attached hydrogens (tertiary/aromatic N) is 1. The highest BCUT2D eigenvalue weighted by atomic mass is 35.5. The average molecular weight is 323 g/mol. The van der Waals surface area contributed by atoms with Gasteiger partial charge in [0, 0.05) is 37.8 Å². The van der Waals surface area contributed by atoms with Gasteiger partial charge in [-0.05, 0) is 12.5 Å². The van der Waals surface area contributed by atoms with Crippen molar-refractivity contribution in [2.24, 2.45) is 0 Å². The number of halogens is 4. The fourth-order valence-electron chi connectivity index (χ4n) is 2.72. The van der Waals surface area contributed by atoms with E-state index in [4.69, 9.17) is 0 Å². The molecule has 0 aliphatic carbocycles. The number of hydrogen-bond acceptors (Lipinski definition) is 2. The van der Waals surface area contributed by atoms with Gasteiger partial charge >= 0.3 is 0 Å². The molecule has 1 aliphatic heterocycles. The molecule has 0 amide bonds. The summed E-state index contributed by atoms with van der Waals surface area (Å²) >= 11 is 0. The second kappa shape index (κ2) is 8.61. The molecule has 0 unspecified atom stereocenters. The second-order valence-electron chi connectivity index (χ2n) is 5.21. The number of nitrogens with one attached hydrogen (secondary N) is 1. The Morgan fingerprint density at radius 1 is 1.14 bits per heavy atom. The molecule has 120 valence electrons. The zero-order valence-corrected chi connectivity index (χ0v) is 13.0.